The van der Waals surface area contributed by atoms with E-state index in [9.17, 15) is 18.0 Å². The lowest BCUT2D eigenvalue weighted by atomic mass is 9.94. The smallest absolute Gasteiger partial charge is 0.264 e. The van der Waals surface area contributed by atoms with Gasteiger partial charge in [-0.2, -0.15) is 0 Å². The van der Waals surface area contributed by atoms with E-state index in [0.29, 0.717) is 20.6 Å². The van der Waals surface area contributed by atoms with Crippen LogP contribution in [0.25, 0.3) is 0 Å². The summed E-state index contributed by atoms with van der Waals surface area (Å²) >= 11 is 18.7. The molecule has 2 amide bonds. The van der Waals surface area contributed by atoms with E-state index in [1.807, 2.05) is 36.4 Å². The molecule has 7 nitrogen and oxygen atoms in total. The van der Waals surface area contributed by atoms with Crippen LogP contribution in [0, 0.1) is 0 Å². The van der Waals surface area contributed by atoms with Gasteiger partial charge < -0.3 is 10.2 Å². The molecule has 5 rings (SSSR count). The van der Waals surface area contributed by atoms with Crippen LogP contribution in [-0.4, -0.2) is 43.8 Å². The quantitative estimate of drug-likeness (QED) is 0.162. The highest BCUT2D eigenvalue weighted by molar-refractivity contribution is 7.92. The number of amides is 2. The maximum absolute atomic E-state index is 14.6. The van der Waals surface area contributed by atoms with Gasteiger partial charge >= 0.3 is 0 Å². The van der Waals surface area contributed by atoms with Crippen molar-refractivity contribution in [3.63, 3.8) is 0 Å². The minimum atomic E-state index is -4.28. The minimum absolute atomic E-state index is 0.00545. The molecule has 1 saturated carbocycles. The van der Waals surface area contributed by atoms with Gasteiger partial charge in [0.2, 0.25) is 11.8 Å². The maximum atomic E-state index is 14.6. The SMILES string of the molecule is O=C(NC1CCCCC1)C(Cc1ccccc1)N(Cc1cccc(Cl)c1)C(=O)CN(c1cccc(Cl)c1)S(=O)(=O)c1ccc(Cl)cc1. The van der Waals surface area contributed by atoms with Crippen molar-refractivity contribution < 1.29 is 18.0 Å². The second-order valence-corrected chi connectivity index (χ2v) is 14.8. The van der Waals surface area contributed by atoms with Crippen LogP contribution in [0.15, 0.2) is 108 Å². The minimum Gasteiger partial charge on any atom is -0.352 e. The molecule has 0 spiro atoms. The monoisotopic (exact) mass is 711 g/mol. The van der Waals surface area contributed by atoms with Crippen molar-refractivity contribution in [2.45, 2.75) is 62.0 Å². The predicted octanol–water partition coefficient (Wildman–Crippen LogP) is 7.93. The Morgan fingerprint density at radius 3 is 2.04 bits per heavy atom. The number of hydrogen-bond donors (Lipinski definition) is 1. The Labute approximate surface area is 291 Å². The topological polar surface area (TPSA) is 86.8 Å². The summed E-state index contributed by atoms with van der Waals surface area (Å²) in [6.45, 7) is -0.562. The summed E-state index contributed by atoms with van der Waals surface area (Å²) < 4.78 is 29.3. The molecular formula is C36H36Cl3N3O4S. The molecule has 0 heterocycles. The first-order valence-corrected chi connectivity index (χ1v) is 18.1. The van der Waals surface area contributed by atoms with Gasteiger partial charge in [-0.15, -0.1) is 0 Å². The normalized spacial score (nSPS) is 14.3. The first kappa shape index (κ1) is 34.8. The zero-order valence-corrected chi connectivity index (χ0v) is 28.8. The van der Waals surface area contributed by atoms with Crippen LogP contribution in [0.2, 0.25) is 15.1 Å². The molecule has 1 atom stereocenters. The second-order valence-electron chi connectivity index (χ2n) is 11.6. The summed E-state index contributed by atoms with van der Waals surface area (Å²) in [5.74, 6) is -0.854. The third-order valence-corrected chi connectivity index (χ3v) is 10.8. The van der Waals surface area contributed by atoms with E-state index < -0.39 is 28.5 Å². The number of carbonyl (C=O) groups is 2. The van der Waals surface area contributed by atoms with Crippen LogP contribution < -0.4 is 9.62 Å². The van der Waals surface area contributed by atoms with Crippen molar-refractivity contribution in [1.29, 1.82) is 0 Å². The number of nitrogens with zero attached hydrogens (tertiary/aromatic N) is 2. The van der Waals surface area contributed by atoms with E-state index in [1.165, 1.54) is 35.2 Å². The lowest BCUT2D eigenvalue weighted by Crippen LogP contribution is -2.55. The zero-order chi connectivity index (χ0) is 33.4. The van der Waals surface area contributed by atoms with Gasteiger partial charge in [-0.1, -0.05) is 103 Å². The fourth-order valence-corrected chi connectivity index (χ4v) is 7.75. The van der Waals surface area contributed by atoms with E-state index in [4.69, 9.17) is 34.8 Å². The molecule has 0 bridgehead atoms. The molecule has 0 aromatic heterocycles. The van der Waals surface area contributed by atoms with Crippen molar-refractivity contribution in [2.24, 2.45) is 0 Å². The van der Waals surface area contributed by atoms with Gasteiger partial charge in [-0.25, -0.2) is 8.42 Å². The number of anilines is 1. The van der Waals surface area contributed by atoms with Crippen molar-refractivity contribution in [3.05, 3.63) is 129 Å². The fraction of sp³-hybridized carbons (Fsp3) is 0.278. The Bertz CT molecular complexity index is 1780. The van der Waals surface area contributed by atoms with Gasteiger partial charge in [-0.05, 0) is 78.6 Å². The van der Waals surface area contributed by atoms with Crippen LogP contribution in [-0.2, 0) is 32.6 Å². The van der Waals surface area contributed by atoms with Crippen LogP contribution >= 0.6 is 34.8 Å². The molecule has 1 unspecified atom stereocenters. The number of nitrogens with one attached hydrogen (secondary N) is 1. The number of sulfonamides is 1. The van der Waals surface area contributed by atoms with Gasteiger partial charge in [-0.3, -0.25) is 13.9 Å². The molecule has 47 heavy (non-hydrogen) atoms. The second kappa shape index (κ2) is 16.0. The summed E-state index contributed by atoms with van der Waals surface area (Å²) in [5.41, 5.74) is 1.76. The van der Waals surface area contributed by atoms with E-state index >= 15 is 0 Å². The van der Waals surface area contributed by atoms with E-state index in [1.54, 1.807) is 36.4 Å². The molecule has 246 valence electrons. The molecule has 11 heteroatoms. The predicted molar refractivity (Wildman–Crippen MR) is 188 cm³/mol. The molecule has 4 aromatic carbocycles. The molecule has 0 radical (unpaired) electrons. The first-order chi connectivity index (χ1) is 22.6. The van der Waals surface area contributed by atoms with E-state index in [0.717, 1.165) is 42.0 Å². The maximum Gasteiger partial charge on any atom is 0.264 e. The lowest BCUT2D eigenvalue weighted by Gasteiger charge is -2.35. The Balaban J connectivity index is 1.56. The highest BCUT2D eigenvalue weighted by Gasteiger charge is 2.35. The van der Waals surface area contributed by atoms with Crippen LogP contribution in [0.5, 0.6) is 0 Å². The van der Waals surface area contributed by atoms with E-state index in [-0.39, 0.29) is 35.5 Å². The Morgan fingerprint density at radius 1 is 0.745 bits per heavy atom. The first-order valence-electron chi connectivity index (χ1n) is 15.5. The van der Waals surface area contributed by atoms with Crippen molar-refractivity contribution in [2.75, 3.05) is 10.8 Å². The number of halogens is 3. The molecule has 4 aromatic rings. The third kappa shape index (κ3) is 9.29. The van der Waals surface area contributed by atoms with Crippen LogP contribution in [0.3, 0.4) is 0 Å². The van der Waals surface area contributed by atoms with Gasteiger partial charge in [0.25, 0.3) is 10.0 Å². The molecule has 1 fully saturated rings. The zero-order valence-electron chi connectivity index (χ0n) is 25.7. The van der Waals surface area contributed by atoms with E-state index in [2.05, 4.69) is 5.32 Å². The number of benzene rings is 4. The van der Waals surface area contributed by atoms with Crippen molar-refractivity contribution in [3.8, 4) is 0 Å². The summed E-state index contributed by atoms with van der Waals surface area (Å²) in [6, 6.07) is 27.6. The average molecular weight is 713 g/mol. The molecule has 1 N–H and O–H groups in total. The molecule has 1 aliphatic carbocycles. The van der Waals surface area contributed by atoms with Crippen molar-refractivity contribution in [1.82, 2.24) is 10.2 Å². The number of rotatable bonds is 12. The Hall–Kier alpha value is -3.56. The Morgan fingerprint density at radius 2 is 1.38 bits per heavy atom. The summed E-state index contributed by atoms with van der Waals surface area (Å²) in [5, 5.41) is 4.36. The van der Waals surface area contributed by atoms with Gasteiger partial charge in [0.1, 0.15) is 12.6 Å². The largest absolute Gasteiger partial charge is 0.352 e. The fourth-order valence-electron chi connectivity index (χ4n) is 5.82. The summed E-state index contributed by atoms with van der Waals surface area (Å²) in [7, 11) is -4.28. The highest BCUT2D eigenvalue weighted by atomic mass is 35.5. The summed E-state index contributed by atoms with van der Waals surface area (Å²) in [6.07, 6.45) is 5.14. The third-order valence-electron chi connectivity index (χ3n) is 8.24. The lowest BCUT2D eigenvalue weighted by molar-refractivity contribution is -0.140. The number of carbonyl (C=O) groups excluding carboxylic acids is 2. The van der Waals surface area contributed by atoms with Gasteiger partial charge in [0.05, 0.1) is 10.6 Å². The average Bonchev–Trinajstić information content (AvgIpc) is 3.06. The number of hydrogen-bond acceptors (Lipinski definition) is 4. The van der Waals surface area contributed by atoms with Crippen molar-refractivity contribution >= 4 is 62.3 Å². The van der Waals surface area contributed by atoms with Crippen LogP contribution in [0.4, 0.5) is 5.69 Å². The van der Waals surface area contributed by atoms with Crippen LogP contribution in [0.1, 0.15) is 43.2 Å². The molecule has 1 aliphatic rings. The Kier molecular flexibility index (Phi) is 11.9. The molecular weight excluding hydrogens is 677 g/mol. The standard InChI is InChI=1S/C36H36Cl3N3O4S/c37-28-17-19-33(20-18-28)47(45,46)42(32-16-8-13-30(39)23-32)25-35(43)41(24-27-11-7-12-29(38)21-27)34(22-26-9-3-1-4-10-26)36(44)40-31-14-5-2-6-15-31/h1,3-4,7-13,16-21,23,31,34H,2,5-6,14-15,22,24-25H2,(H,40,44). The highest BCUT2D eigenvalue weighted by Crippen LogP contribution is 2.28. The van der Waals surface area contributed by atoms with Gasteiger partial charge in [0.15, 0.2) is 0 Å². The summed E-state index contributed by atoms with van der Waals surface area (Å²) in [4.78, 5) is 30.2. The molecule has 0 aliphatic heterocycles. The van der Waals surface area contributed by atoms with Gasteiger partial charge in [0, 0.05) is 34.1 Å². The molecule has 0 saturated heterocycles.